The topological polar surface area (TPSA) is 0 Å². The molecule has 0 nitrogen and oxygen atoms in total. The Labute approximate surface area is 197 Å². The zero-order valence-electron chi connectivity index (χ0n) is 21.4. The Morgan fingerprint density at radius 2 is 1.81 bits per heavy atom. The second-order valence-electron chi connectivity index (χ2n) is 15.5. The van der Waals surface area contributed by atoms with Crippen molar-refractivity contribution in [2.45, 2.75) is 117 Å². The molecule has 0 amide bonds. The molecule has 0 aromatic rings. The first-order valence-corrected chi connectivity index (χ1v) is 15.0. The van der Waals surface area contributed by atoms with Gasteiger partial charge in [-0.2, -0.15) is 0 Å². The average molecular weight is 433 g/mol. The molecule has 8 fully saturated rings. The van der Waals surface area contributed by atoms with E-state index >= 15 is 0 Å². The quantitative estimate of drug-likeness (QED) is 0.352. The van der Waals surface area contributed by atoms with Gasteiger partial charge in [0.25, 0.3) is 0 Å². The summed E-state index contributed by atoms with van der Waals surface area (Å²) in [7, 11) is 0. The molecule has 0 saturated heterocycles. The molecular formula is C32H48. The molecule has 8 aliphatic carbocycles. The van der Waals surface area contributed by atoms with Gasteiger partial charge in [-0.25, -0.2) is 0 Å². The Hall–Kier alpha value is -0.260. The predicted molar refractivity (Wildman–Crippen MR) is 132 cm³/mol. The van der Waals surface area contributed by atoms with Crippen LogP contribution in [0.1, 0.15) is 117 Å². The highest BCUT2D eigenvalue weighted by atomic mass is 15.1. The molecule has 0 bridgehead atoms. The molecule has 8 aliphatic rings. The van der Waals surface area contributed by atoms with Crippen LogP contribution in [0.5, 0.6) is 0 Å². The first kappa shape index (κ1) is 20.0. The molecular weight excluding hydrogens is 384 g/mol. The van der Waals surface area contributed by atoms with Gasteiger partial charge in [0.05, 0.1) is 0 Å². The fraction of sp³-hybridized carbons (Fsp3) is 0.938. The largest absolute Gasteiger partial charge is 0.0995 e. The summed E-state index contributed by atoms with van der Waals surface area (Å²) < 4.78 is 0. The van der Waals surface area contributed by atoms with E-state index in [0.717, 1.165) is 51.2 Å². The van der Waals surface area contributed by atoms with Gasteiger partial charge in [0, 0.05) is 0 Å². The van der Waals surface area contributed by atoms with Crippen LogP contribution >= 0.6 is 0 Å². The lowest BCUT2D eigenvalue weighted by Gasteiger charge is -2.30. The van der Waals surface area contributed by atoms with E-state index in [1.807, 2.05) is 0 Å². The number of allylic oxidation sites excluding steroid dienone is 1. The third-order valence-corrected chi connectivity index (χ3v) is 14.3. The summed E-state index contributed by atoms with van der Waals surface area (Å²) >= 11 is 0. The maximum Gasteiger partial charge on any atom is -0.0115 e. The highest BCUT2D eigenvalue weighted by Crippen LogP contribution is 3.10. The van der Waals surface area contributed by atoms with Crippen LogP contribution in [0, 0.1) is 68.5 Å². The van der Waals surface area contributed by atoms with E-state index in [1.54, 1.807) is 56.9 Å². The predicted octanol–water partition coefficient (Wildman–Crippen LogP) is 8.81. The summed E-state index contributed by atoms with van der Waals surface area (Å²) in [5, 5.41) is 0. The molecule has 8 saturated carbocycles. The number of hydrogen-bond donors (Lipinski definition) is 0. The standard InChI is InChI=1S/C32H48/c1-5-7-22-11-10-20(2)27-25(28(27,4)15-21(22)3)9-6-8-23-14-24(23)26-16-30(26)18-32(30)19-31(32)17-29(31)12-13-29/h21-27H,2,5-19H2,1,3-4H3. The lowest BCUT2D eigenvalue weighted by Crippen LogP contribution is -2.19. The van der Waals surface area contributed by atoms with Gasteiger partial charge in [-0.15, -0.1) is 0 Å². The highest BCUT2D eigenvalue weighted by molar-refractivity contribution is 5.51. The lowest BCUT2D eigenvalue weighted by atomic mass is 9.75. The molecule has 0 radical (unpaired) electrons. The summed E-state index contributed by atoms with van der Waals surface area (Å²) in [5.41, 5.74) is 6.06. The molecule has 0 heterocycles. The minimum absolute atomic E-state index is 0.607. The van der Waals surface area contributed by atoms with Crippen LogP contribution in [0.25, 0.3) is 0 Å². The first-order valence-electron chi connectivity index (χ1n) is 15.0. The number of hydrogen-bond acceptors (Lipinski definition) is 0. The highest BCUT2D eigenvalue weighted by Gasteiger charge is 3.03. The maximum atomic E-state index is 4.63. The summed E-state index contributed by atoms with van der Waals surface area (Å²) in [6.07, 6.45) is 23.2. The van der Waals surface area contributed by atoms with Crippen molar-refractivity contribution in [2.24, 2.45) is 68.5 Å². The fourth-order valence-corrected chi connectivity index (χ4v) is 12.1. The third kappa shape index (κ3) is 2.28. The van der Waals surface area contributed by atoms with Crippen LogP contribution in [0.2, 0.25) is 0 Å². The van der Waals surface area contributed by atoms with E-state index in [1.165, 1.54) is 56.8 Å². The SMILES string of the molecule is C=C1CCC(CCC)C(C)CC2(C)C(CCCC3CC3C3CC34CC43CC34CC43CC3)C12. The first-order chi connectivity index (χ1) is 15.4. The van der Waals surface area contributed by atoms with Crippen molar-refractivity contribution in [3.8, 4) is 0 Å². The van der Waals surface area contributed by atoms with Crippen molar-refractivity contribution in [3.63, 3.8) is 0 Å². The van der Waals surface area contributed by atoms with Gasteiger partial charge in [-0.3, -0.25) is 0 Å². The van der Waals surface area contributed by atoms with Gasteiger partial charge in [0.1, 0.15) is 0 Å². The minimum atomic E-state index is 0.607. The monoisotopic (exact) mass is 432 g/mol. The molecule has 0 heteroatoms. The second kappa shape index (κ2) is 5.75. The molecule has 0 aromatic carbocycles. The average Bonchev–Trinajstić information content (AvgIpc) is 3.53. The Balaban J connectivity index is 0.834. The minimum Gasteiger partial charge on any atom is -0.0995 e. The van der Waals surface area contributed by atoms with Crippen LogP contribution in [-0.4, -0.2) is 0 Å². The van der Waals surface area contributed by atoms with Crippen molar-refractivity contribution in [3.05, 3.63) is 12.2 Å². The summed E-state index contributed by atoms with van der Waals surface area (Å²) in [4.78, 5) is 0. The second-order valence-corrected chi connectivity index (χ2v) is 15.5. The van der Waals surface area contributed by atoms with E-state index in [-0.39, 0.29) is 0 Å². The van der Waals surface area contributed by atoms with Crippen molar-refractivity contribution in [1.82, 2.24) is 0 Å². The summed E-state index contributed by atoms with van der Waals surface area (Å²) in [6, 6.07) is 0. The maximum absolute atomic E-state index is 4.63. The van der Waals surface area contributed by atoms with Gasteiger partial charge in [0.15, 0.2) is 0 Å². The van der Waals surface area contributed by atoms with Crippen LogP contribution in [0.4, 0.5) is 0 Å². The molecule has 8 rings (SSSR count). The van der Waals surface area contributed by atoms with E-state index in [4.69, 9.17) is 0 Å². The Kier molecular flexibility index (Phi) is 3.59. The van der Waals surface area contributed by atoms with Crippen molar-refractivity contribution in [2.75, 3.05) is 0 Å². The lowest BCUT2D eigenvalue weighted by molar-refractivity contribution is 0.230. The number of rotatable bonds is 7. The van der Waals surface area contributed by atoms with E-state index in [0.29, 0.717) is 5.41 Å². The zero-order valence-corrected chi connectivity index (χ0v) is 21.4. The molecule has 0 aliphatic heterocycles. The Morgan fingerprint density at radius 3 is 2.56 bits per heavy atom. The van der Waals surface area contributed by atoms with Gasteiger partial charge < -0.3 is 0 Å². The van der Waals surface area contributed by atoms with Crippen LogP contribution in [-0.2, 0) is 0 Å². The van der Waals surface area contributed by atoms with Gasteiger partial charge in [-0.1, -0.05) is 58.6 Å². The Morgan fingerprint density at radius 1 is 0.969 bits per heavy atom. The molecule has 0 aromatic heterocycles. The van der Waals surface area contributed by atoms with E-state index in [2.05, 4.69) is 27.4 Å². The smallest absolute Gasteiger partial charge is 0.0115 e. The van der Waals surface area contributed by atoms with Crippen LogP contribution in [0.3, 0.4) is 0 Å². The van der Waals surface area contributed by atoms with Crippen LogP contribution in [0.15, 0.2) is 12.2 Å². The molecule has 32 heavy (non-hydrogen) atoms. The molecule has 11 unspecified atom stereocenters. The van der Waals surface area contributed by atoms with Gasteiger partial charge in [0.2, 0.25) is 0 Å². The van der Waals surface area contributed by atoms with Crippen molar-refractivity contribution >= 4 is 0 Å². The number of fused-ring (bicyclic) bond motifs is 4. The van der Waals surface area contributed by atoms with Crippen LogP contribution < -0.4 is 0 Å². The molecule has 4 spiro atoms. The fourth-order valence-electron chi connectivity index (χ4n) is 12.1. The Bertz CT molecular complexity index is 878. The van der Waals surface area contributed by atoms with Crippen molar-refractivity contribution < 1.29 is 0 Å². The summed E-state index contributed by atoms with van der Waals surface area (Å²) in [5.74, 6) is 7.25. The van der Waals surface area contributed by atoms with E-state index in [9.17, 15) is 0 Å². The van der Waals surface area contributed by atoms with Gasteiger partial charge >= 0.3 is 0 Å². The molecule has 176 valence electrons. The normalized spacial score (nSPS) is 61.5. The molecule has 0 N–H and O–H groups in total. The van der Waals surface area contributed by atoms with E-state index < -0.39 is 0 Å². The van der Waals surface area contributed by atoms with Gasteiger partial charge in [-0.05, 0) is 139 Å². The zero-order chi connectivity index (χ0) is 21.7. The summed E-state index contributed by atoms with van der Waals surface area (Å²) in [6.45, 7) is 12.2. The third-order valence-electron chi connectivity index (χ3n) is 14.3. The molecule has 11 atom stereocenters. The van der Waals surface area contributed by atoms with Crippen molar-refractivity contribution in [1.29, 1.82) is 0 Å².